The van der Waals surface area contributed by atoms with Gasteiger partial charge in [-0.3, -0.25) is 4.57 Å². The number of rotatable bonds is 8. The SMILES string of the molecule is COc1cccc(-c2nc3ncc(CN[SH](=O)=O)nc3n2-c2c(OC)cccc2OC)n1. The Morgan fingerprint density at radius 2 is 1.66 bits per heavy atom. The van der Waals surface area contributed by atoms with Crippen LogP contribution in [0.15, 0.2) is 42.6 Å². The number of imidazole rings is 1. The molecule has 32 heavy (non-hydrogen) atoms. The Morgan fingerprint density at radius 3 is 2.31 bits per heavy atom. The molecule has 0 unspecified atom stereocenters. The van der Waals surface area contributed by atoms with Gasteiger partial charge < -0.3 is 14.2 Å². The number of hydrogen-bond donors (Lipinski definition) is 2. The van der Waals surface area contributed by atoms with Crippen LogP contribution in [0.3, 0.4) is 0 Å². The third kappa shape index (κ3) is 4.05. The van der Waals surface area contributed by atoms with Crippen LogP contribution < -0.4 is 18.9 Å². The quantitative estimate of drug-likeness (QED) is 0.379. The predicted octanol–water partition coefficient (Wildman–Crippen LogP) is 1.52. The van der Waals surface area contributed by atoms with Gasteiger partial charge in [-0.1, -0.05) is 12.1 Å². The molecule has 0 aliphatic heterocycles. The maximum atomic E-state index is 10.9. The van der Waals surface area contributed by atoms with E-state index in [4.69, 9.17) is 14.2 Å². The molecule has 12 heteroatoms. The molecule has 1 N–H and O–H groups in total. The van der Waals surface area contributed by atoms with E-state index in [1.807, 2.05) is 0 Å². The molecule has 0 aliphatic rings. The topological polar surface area (TPSA) is 130 Å². The third-order valence-electron chi connectivity index (χ3n) is 4.60. The van der Waals surface area contributed by atoms with E-state index in [0.29, 0.717) is 51.6 Å². The molecule has 0 saturated heterocycles. The van der Waals surface area contributed by atoms with Gasteiger partial charge in [-0.25, -0.2) is 33.1 Å². The van der Waals surface area contributed by atoms with E-state index in [1.54, 1.807) is 55.2 Å². The Labute approximate surface area is 185 Å². The highest BCUT2D eigenvalue weighted by atomic mass is 32.2. The van der Waals surface area contributed by atoms with E-state index in [2.05, 4.69) is 24.7 Å². The zero-order valence-corrected chi connectivity index (χ0v) is 18.4. The number of methoxy groups -OCH3 is 3. The molecule has 11 nitrogen and oxygen atoms in total. The summed E-state index contributed by atoms with van der Waals surface area (Å²) in [6.07, 6.45) is 1.47. The molecule has 0 amide bonds. The summed E-state index contributed by atoms with van der Waals surface area (Å²) in [5, 5.41) is 0. The molecular weight excluding hydrogens is 436 g/mol. The lowest BCUT2D eigenvalue weighted by atomic mass is 10.2. The molecule has 0 radical (unpaired) electrons. The number of nitrogens with one attached hydrogen (secondary N) is 1. The minimum Gasteiger partial charge on any atom is -0.494 e. The van der Waals surface area contributed by atoms with Gasteiger partial charge in [0.1, 0.15) is 22.9 Å². The van der Waals surface area contributed by atoms with Gasteiger partial charge in [0.15, 0.2) is 17.1 Å². The number of aromatic nitrogens is 5. The summed E-state index contributed by atoms with van der Waals surface area (Å²) in [6.45, 7) is -0.0113. The second kappa shape index (κ2) is 9.16. The Bertz CT molecular complexity index is 1320. The first-order valence-corrected chi connectivity index (χ1v) is 10.6. The van der Waals surface area contributed by atoms with Crippen molar-refractivity contribution in [2.45, 2.75) is 6.54 Å². The second-order valence-corrected chi connectivity index (χ2v) is 7.28. The largest absolute Gasteiger partial charge is 0.494 e. The molecule has 3 aromatic heterocycles. The Hall–Kier alpha value is -3.77. The van der Waals surface area contributed by atoms with Crippen LogP contribution in [0.1, 0.15) is 5.69 Å². The van der Waals surface area contributed by atoms with E-state index < -0.39 is 10.9 Å². The highest BCUT2D eigenvalue weighted by Gasteiger charge is 2.23. The monoisotopic (exact) mass is 456 g/mol. The maximum Gasteiger partial charge on any atom is 0.213 e. The molecule has 3 heterocycles. The van der Waals surface area contributed by atoms with Crippen LogP contribution >= 0.6 is 0 Å². The Morgan fingerprint density at radius 1 is 0.938 bits per heavy atom. The summed E-state index contributed by atoms with van der Waals surface area (Å²) in [5.74, 6) is 1.88. The summed E-state index contributed by atoms with van der Waals surface area (Å²) in [4.78, 5) is 18.1. The van der Waals surface area contributed by atoms with Crippen LogP contribution in [-0.4, -0.2) is 54.3 Å². The van der Waals surface area contributed by atoms with E-state index >= 15 is 0 Å². The first-order chi connectivity index (χ1) is 15.5. The lowest BCUT2D eigenvalue weighted by molar-refractivity contribution is 0.391. The summed E-state index contributed by atoms with van der Waals surface area (Å²) in [5.41, 5.74) is 2.20. The molecule has 0 fully saturated rings. The number of pyridine rings is 1. The van der Waals surface area contributed by atoms with Gasteiger partial charge in [0.05, 0.1) is 39.8 Å². The lowest BCUT2D eigenvalue weighted by Gasteiger charge is -2.16. The van der Waals surface area contributed by atoms with Gasteiger partial charge >= 0.3 is 0 Å². The fraction of sp³-hybridized carbons (Fsp3) is 0.200. The molecule has 4 rings (SSSR count). The lowest BCUT2D eigenvalue weighted by Crippen LogP contribution is -2.12. The molecule has 1 aromatic carbocycles. The Kier molecular flexibility index (Phi) is 6.14. The van der Waals surface area contributed by atoms with E-state index in [1.165, 1.54) is 13.3 Å². The summed E-state index contributed by atoms with van der Waals surface area (Å²) >= 11 is 0. The minimum atomic E-state index is -2.78. The average Bonchev–Trinajstić information content (AvgIpc) is 3.20. The van der Waals surface area contributed by atoms with Crippen molar-refractivity contribution >= 4 is 22.2 Å². The number of benzene rings is 1. The number of nitrogens with zero attached hydrogens (tertiary/aromatic N) is 5. The average molecular weight is 456 g/mol. The first-order valence-electron chi connectivity index (χ1n) is 9.40. The first kappa shape index (κ1) is 21.5. The van der Waals surface area contributed by atoms with Crippen molar-refractivity contribution in [1.82, 2.24) is 29.2 Å². The molecule has 0 atom stereocenters. The van der Waals surface area contributed by atoms with Gasteiger partial charge in [0.2, 0.25) is 16.8 Å². The standard InChI is InChI=1S/C20H20N6O5S/c1-29-14-7-5-8-15(30-2)17(14)26-19(13-6-4-9-16(24-13)31-3)25-18-20(26)23-12(10-21-18)11-22-32(27)28/h4-10,32H,11H2,1-3H3,(H,22,27,28). The van der Waals surface area contributed by atoms with Gasteiger partial charge in [-0.2, -0.15) is 0 Å². The van der Waals surface area contributed by atoms with Crippen LogP contribution in [0.2, 0.25) is 0 Å². The smallest absolute Gasteiger partial charge is 0.213 e. The van der Waals surface area contributed by atoms with Gasteiger partial charge in [-0.05, 0) is 18.2 Å². The normalized spacial score (nSPS) is 11.1. The zero-order valence-electron chi connectivity index (χ0n) is 17.5. The van der Waals surface area contributed by atoms with Crippen molar-refractivity contribution in [2.75, 3.05) is 21.3 Å². The van der Waals surface area contributed by atoms with Gasteiger partial charge in [-0.15, -0.1) is 0 Å². The van der Waals surface area contributed by atoms with Crippen molar-refractivity contribution in [3.05, 3.63) is 48.3 Å². The molecule has 0 aliphatic carbocycles. The highest BCUT2D eigenvalue weighted by Crippen LogP contribution is 2.37. The van der Waals surface area contributed by atoms with Crippen LogP contribution in [0.25, 0.3) is 28.5 Å². The maximum absolute atomic E-state index is 10.9. The van der Waals surface area contributed by atoms with Crippen LogP contribution in [0.4, 0.5) is 0 Å². The van der Waals surface area contributed by atoms with Crippen molar-refractivity contribution in [3.63, 3.8) is 0 Å². The molecule has 166 valence electrons. The van der Waals surface area contributed by atoms with E-state index in [0.717, 1.165) is 0 Å². The Balaban J connectivity index is 2.04. The van der Waals surface area contributed by atoms with Crippen molar-refractivity contribution in [3.8, 4) is 34.6 Å². The van der Waals surface area contributed by atoms with Crippen LogP contribution in [0.5, 0.6) is 17.4 Å². The fourth-order valence-electron chi connectivity index (χ4n) is 3.21. The van der Waals surface area contributed by atoms with E-state index in [-0.39, 0.29) is 6.54 Å². The molecular formula is C20H20N6O5S. The van der Waals surface area contributed by atoms with Gasteiger partial charge in [0.25, 0.3) is 0 Å². The number of hydrogen-bond acceptors (Lipinski definition) is 9. The second-order valence-electron chi connectivity index (χ2n) is 6.45. The van der Waals surface area contributed by atoms with Crippen molar-refractivity contribution in [1.29, 1.82) is 0 Å². The fourth-order valence-corrected chi connectivity index (χ4v) is 3.50. The van der Waals surface area contributed by atoms with Gasteiger partial charge in [0, 0.05) is 6.07 Å². The highest BCUT2D eigenvalue weighted by molar-refractivity contribution is 7.70. The number of ether oxygens (including phenoxy) is 3. The van der Waals surface area contributed by atoms with Crippen LogP contribution in [0, 0.1) is 0 Å². The minimum absolute atomic E-state index is 0.0113. The third-order valence-corrected chi connectivity index (χ3v) is 5.01. The molecule has 4 aromatic rings. The number of fused-ring (bicyclic) bond motifs is 1. The summed E-state index contributed by atoms with van der Waals surface area (Å²) < 4.78 is 42.4. The van der Waals surface area contributed by atoms with Crippen LogP contribution in [-0.2, 0) is 17.4 Å². The summed E-state index contributed by atoms with van der Waals surface area (Å²) in [6, 6.07) is 10.7. The van der Waals surface area contributed by atoms with Crippen molar-refractivity contribution < 1.29 is 22.6 Å². The zero-order chi connectivity index (χ0) is 22.7. The number of para-hydroxylation sites is 1. The van der Waals surface area contributed by atoms with Crippen molar-refractivity contribution in [2.24, 2.45) is 0 Å². The summed E-state index contributed by atoms with van der Waals surface area (Å²) in [7, 11) is 1.85. The predicted molar refractivity (Wildman–Crippen MR) is 117 cm³/mol. The molecule has 0 bridgehead atoms. The molecule has 0 saturated carbocycles. The van der Waals surface area contributed by atoms with E-state index in [9.17, 15) is 8.42 Å². The number of thiol groups is 1. The molecule has 0 spiro atoms.